The van der Waals surface area contributed by atoms with Gasteiger partial charge in [0.25, 0.3) is 0 Å². The number of carboxylic acid groups (broad SMARTS) is 3. The van der Waals surface area contributed by atoms with Crippen molar-refractivity contribution in [2.75, 3.05) is 37.7 Å². The zero-order valence-electron chi connectivity index (χ0n) is 82.9. The van der Waals surface area contributed by atoms with Crippen molar-refractivity contribution in [3.05, 3.63) is 108 Å². The Balaban J connectivity index is 1.51. The standard InChI is InChI=1S/C95H136N24O26S2/c1-48(2)36-66-84(134)103-45-76(123)108-63(28-31-74(98)121)86(136)110-64(29-32-77(124)125)87(137)111-65(30-33-78(126)127)88(138)115-69(39-55-42-100-59-24-14-12-22-57(55)59)92(142)114-68(38-54-20-10-9-11-21-54)90(140)116-70(40-56-43-101-60-25-15-13-23-58(56)60)91(141)113-67(37-49(3)4)89(139)119-72(94(144)106-52(7)81(131)105-50(5)80(99)130)46-146-147-47-73(95(145)117-71(41-79(128)129)93(143)112-66)118-82(132)51(6)104-75(122)44-102-83(133)61(26-16-18-34-96)109-85(135)62(107-53(8)120)27-17-19-35-97/h9-15,20-25,42-43,48-52,61-73,100-101H,16-19,26-41,44-47,96-97H2,1-8H3,(H2,98,121)(H2,99,130)(H,102,133)(H,103,134)(H,104,122)(H,105,131)(H,106,144)(H,107,120)(H,108,123)(H,109,135)(H,110,136)(H,111,137)(H,112,143)(H,113,141)(H,114,142)(H,115,138)(H,116,140)(H,117,145)(H,118,132)(H,119,139)(H,124,125)(H,126,127)(H,128,129)/t50-,51-,52-,61-,62-,63-,64-,65-,66-,67-,68-,69-,70-,71+,72-,73-/m0/s1. The number of carbonyl (C=O) groups is 23. The van der Waals surface area contributed by atoms with Crippen molar-refractivity contribution in [3.63, 3.8) is 0 Å². The molecule has 0 saturated carbocycles. The van der Waals surface area contributed by atoms with Crippen molar-refractivity contribution >= 4 is 179 Å². The van der Waals surface area contributed by atoms with Gasteiger partial charge in [0.2, 0.25) is 118 Å². The predicted molar refractivity (Wildman–Crippen MR) is 537 cm³/mol. The Kier molecular flexibility index (Phi) is 50.5. The van der Waals surface area contributed by atoms with Crippen molar-refractivity contribution < 1.29 is 126 Å². The monoisotopic (exact) mass is 2090 g/mol. The Hall–Kier alpha value is -14.8. The highest BCUT2D eigenvalue weighted by atomic mass is 33.1. The zero-order valence-corrected chi connectivity index (χ0v) is 84.5. The molecule has 16 atom stereocenters. The Morgan fingerprint density at radius 2 is 0.844 bits per heavy atom. The van der Waals surface area contributed by atoms with Gasteiger partial charge in [-0.15, -0.1) is 0 Å². The highest BCUT2D eigenvalue weighted by molar-refractivity contribution is 8.76. The minimum absolute atomic E-state index is 0.0133. The summed E-state index contributed by atoms with van der Waals surface area (Å²) < 4.78 is 0. The first kappa shape index (κ1) is 121. The zero-order chi connectivity index (χ0) is 109. The molecular formula is C95H136N24O26S2. The second-order valence-corrected chi connectivity index (χ2v) is 38.9. The predicted octanol–water partition coefficient (Wildman–Crippen LogP) is -4.55. The number of nitrogens with two attached hydrogens (primary N) is 4. The van der Waals surface area contributed by atoms with Gasteiger partial charge in [0.05, 0.1) is 19.5 Å². The van der Waals surface area contributed by atoms with Gasteiger partial charge in [0.15, 0.2) is 0 Å². The number of nitrogens with one attached hydrogen (secondary N) is 20. The van der Waals surface area contributed by atoms with Crippen LogP contribution in [0.15, 0.2) is 91.3 Å². The third-order valence-electron chi connectivity index (χ3n) is 23.2. The highest BCUT2D eigenvalue weighted by Crippen LogP contribution is 2.26. The van der Waals surface area contributed by atoms with E-state index >= 15 is 28.8 Å². The van der Waals surface area contributed by atoms with Gasteiger partial charge in [-0.25, -0.2) is 0 Å². The number of para-hydroxylation sites is 2. The van der Waals surface area contributed by atoms with Gasteiger partial charge in [-0.1, -0.05) is 116 Å². The van der Waals surface area contributed by atoms with Gasteiger partial charge in [0, 0.05) is 91.2 Å². The summed E-state index contributed by atoms with van der Waals surface area (Å²) >= 11 is 0. The number of unbranched alkanes of at least 4 members (excludes halogenated alkanes) is 2. The largest absolute Gasteiger partial charge is 0.481 e. The Morgan fingerprint density at radius 3 is 1.33 bits per heavy atom. The van der Waals surface area contributed by atoms with E-state index in [2.05, 4.69) is 106 Å². The molecule has 0 bridgehead atoms. The molecule has 3 aromatic carbocycles. The van der Waals surface area contributed by atoms with Crippen molar-refractivity contribution in [1.82, 2.24) is 106 Å². The lowest BCUT2D eigenvalue weighted by molar-refractivity contribution is -0.141. The molecule has 2 aromatic heterocycles. The van der Waals surface area contributed by atoms with Crippen LogP contribution in [-0.2, 0) is 130 Å². The van der Waals surface area contributed by atoms with Crippen LogP contribution in [-0.4, -0.2) is 296 Å². The van der Waals surface area contributed by atoms with Crippen molar-refractivity contribution in [2.45, 2.75) is 268 Å². The third kappa shape index (κ3) is 42.4. The fraction of sp³-hybridized carbons (Fsp3) is 0.526. The Morgan fingerprint density at radius 1 is 0.415 bits per heavy atom. The summed E-state index contributed by atoms with van der Waals surface area (Å²) in [4.78, 5) is 330. The number of benzene rings is 3. The Bertz CT molecular complexity index is 5470. The first-order chi connectivity index (χ1) is 69.6. The molecule has 0 aliphatic carbocycles. The minimum Gasteiger partial charge on any atom is -0.481 e. The minimum atomic E-state index is -2.18. The van der Waals surface area contributed by atoms with Crippen LogP contribution in [0, 0.1) is 11.8 Å². The molecule has 6 rings (SSSR count). The van der Waals surface area contributed by atoms with Crippen LogP contribution in [0.25, 0.3) is 21.8 Å². The van der Waals surface area contributed by atoms with Crippen LogP contribution in [0.1, 0.15) is 168 Å². The lowest BCUT2D eigenvalue weighted by Gasteiger charge is -2.29. The fourth-order valence-corrected chi connectivity index (χ4v) is 17.6. The second-order valence-electron chi connectivity index (χ2n) is 36.3. The molecule has 0 radical (unpaired) electrons. The molecule has 1 saturated heterocycles. The Labute approximate surface area is 854 Å². The third-order valence-corrected chi connectivity index (χ3v) is 25.6. The smallest absolute Gasteiger partial charge is 0.305 e. The van der Waals surface area contributed by atoms with Crippen LogP contribution >= 0.6 is 21.6 Å². The number of H-pyrrole nitrogens is 2. The molecule has 1 fully saturated rings. The number of primary amides is 2. The van der Waals surface area contributed by atoms with Gasteiger partial charge in [-0.3, -0.25) is 110 Å². The molecule has 804 valence electrons. The number of aromatic amines is 2. The molecule has 20 amide bonds. The number of carbonyl (C=O) groups excluding carboxylic acids is 20. The van der Waals surface area contributed by atoms with E-state index in [0.29, 0.717) is 85.8 Å². The van der Waals surface area contributed by atoms with Crippen LogP contribution in [0.5, 0.6) is 0 Å². The summed E-state index contributed by atoms with van der Waals surface area (Å²) in [6, 6.07) is -5.54. The summed E-state index contributed by atoms with van der Waals surface area (Å²) in [6.45, 7) is 9.89. The number of amides is 20. The first-order valence-electron chi connectivity index (χ1n) is 48.0. The molecule has 1 aliphatic rings. The average molecular weight is 2090 g/mol. The number of fused-ring (bicyclic) bond motifs is 2. The number of rotatable bonds is 43. The number of aromatic nitrogens is 2. The maximum Gasteiger partial charge on any atom is 0.305 e. The normalized spacial score (nSPS) is 20.9. The molecule has 0 spiro atoms. The van der Waals surface area contributed by atoms with Crippen LogP contribution in [0.3, 0.4) is 0 Å². The van der Waals surface area contributed by atoms with E-state index in [1.165, 1.54) is 27.0 Å². The molecule has 50 nitrogen and oxygen atoms in total. The number of aliphatic carboxylic acids is 3. The summed E-state index contributed by atoms with van der Waals surface area (Å²) in [5, 5.41) is 76.0. The molecule has 5 aromatic rings. The van der Waals surface area contributed by atoms with E-state index in [4.69, 9.17) is 22.9 Å². The summed E-state index contributed by atoms with van der Waals surface area (Å²) in [6.07, 6.45) is -2.69. The maximum absolute atomic E-state index is 15.7. The molecule has 31 N–H and O–H groups in total. The van der Waals surface area contributed by atoms with E-state index < -0.39 is 321 Å². The van der Waals surface area contributed by atoms with Crippen molar-refractivity contribution in [1.29, 1.82) is 0 Å². The van der Waals surface area contributed by atoms with E-state index in [-0.39, 0.29) is 51.6 Å². The number of hydrogen-bond acceptors (Lipinski definition) is 27. The fourth-order valence-electron chi connectivity index (χ4n) is 15.3. The maximum atomic E-state index is 15.7. The summed E-state index contributed by atoms with van der Waals surface area (Å²) in [5.41, 5.74) is 24.7. The van der Waals surface area contributed by atoms with Crippen LogP contribution < -0.4 is 119 Å². The van der Waals surface area contributed by atoms with Crippen LogP contribution in [0.2, 0.25) is 0 Å². The van der Waals surface area contributed by atoms with E-state index in [1.807, 2.05) is 0 Å². The molecule has 3 heterocycles. The highest BCUT2D eigenvalue weighted by Gasteiger charge is 2.41. The van der Waals surface area contributed by atoms with Gasteiger partial charge in [-0.05, 0) is 145 Å². The van der Waals surface area contributed by atoms with Crippen LogP contribution in [0.4, 0.5) is 0 Å². The van der Waals surface area contributed by atoms with Gasteiger partial charge in [-0.2, -0.15) is 0 Å². The first-order valence-corrected chi connectivity index (χ1v) is 50.5. The molecule has 0 unspecified atom stereocenters. The number of hydrogen-bond donors (Lipinski definition) is 27. The lowest BCUT2D eigenvalue weighted by Crippen LogP contribution is -2.61. The van der Waals surface area contributed by atoms with Gasteiger partial charge < -0.3 is 144 Å². The summed E-state index contributed by atoms with van der Waals surface area (Å²) in [5.74, 6) is -28.8. The van der Waals surface area contributed by atoms with Crippen molar-refractivity contribution in [3.8, 4) is 0 Å². The lowest BCUT2D eigenvalue weighted by atomic mass is 9.99. The molecular weight excluding hydrogens is 1960 g/mol. The summed E-state index contributed by atoms with van der Waals surface area (Å²) in [7, 11) is 1.38. The second kappa shape index (κ2) is 61.5. The van der Waals surface area contributed by atoms with E-state index in [0.717, 1.165) is 6.92 Å². The molecule has 1 aliphatic heterocycles. The SMILES string of the molecule is CC(=O)N[C@@H](CCCCN)C(=O)N[C@@H](CCCCN)C(=O)NCC(=O)N[C@@H](C)C(=O)N[C@H]1CSSC[C@@H](C(=O)N[C@@H](C)C(=O)N[C@@H](C)C(N)=O)NC(=O)[C@H](CC(C)C)NC(=O)[C@H](Cc2c[nH]c3ccccc23)NC(=O)[C@H](Cc2ccccc2)NC(=O)[C@H](Cc2c[nH]c3ccccc23)NC(=O)[C@H](CCC(=O)O)NC(=O)[C@H](CCC(=O)O)NC(=O)[C@H](CCC(N)=O)NC(=O)CNC(=O)[C@H](CC(C)C)NC(=O)[C@@H](CC(=O)O)NC1=O. The van der Waals surface area contributed by atoms with Gasteiger partial charge >= 0.3 is 17.9 Å². The molecule has 147 heavy (non-hydrogen) atoms. The van der Waals surface area contributed by atoms with E-state index in [1.54, 1.807) is 113 Å². The topological polar surface area (TPSA) is 806 Å². The average Bonchev–Trinajstić information content (AvgIpc) is 1.68. The number of carboxylic acids is 3. The molecule has 52 heteroatoms. The van der Waals surface area contributed by atoms with Gasteiger partial charge in [0.1, 0.15) is 96.7 Å². The van der Waals surface area contributed by atoms with Crippen molar-refractivity contribution in [2.24, 2.45) is 34.8 Å². The van der Waals surface area contributed by atoms with E-state index in [9.17, 15) is 96.8 Å². The quantitative estimate of drug-likeness (QED) is 0.0129.